The van der Waals surface area contributed by atoms with Gasteiger partial charge in [0.15, 0.2) is 0 Å². The molecule has 0 aliphatic rings. The van der Waals surface area contributed by atoms with E-state index in [0.717, 1.165) is 10.3 Å². The average molecular weight is 292 g/mol. The number of nitrogen functional groups attached to an aromatic ring is 1. The number of halogens is 1. The Morgan fingerprint density at radius 3 is 2.82 bits per heavy atom. The second-order valence-electron chi connectivity index (χ2n) is 3.86. The number of nitrogens with one attached hydrogen (secondary N) is 1. The Morgan fingerprint density at radius 2 is 2.12 bits per heavy atom. The van der Waals surface area contributed by atoms with Gasteiger partial charge in [0, 0.05) is 10.7 Å². The van der Waals surface area contributed by atoms with Gasteiger partial charge in [-0.05, 0) is 36.8 Å². The first kappa shape index (κ1) is 11.9. The van der Waals surface area contributed by atoms with Crippen LogP contribution in [0.15, 0.2) is 47.1 Å². The smallest absolute Gasteiger partial charge is 0.149 e. The van der Waals surface area contributed by atoms with Gasteiger partial charge in [-0.1, -0.05) is 28.1 Å². The van der Waals surface area contributed by atoms with E-state index in [2.05, 4.69) is 45.3 Å². The van der Waals surface area contributed by atoms with Crippen LogP contribution in [0, 0.1) is 0 Å². The third-order valence-corrected chi connectivity index (χ3v) is 3.03. The average Bonchev–Trinajstić information content (AvgIpc) is 2.32. The molecule has 0 aliphatic carbocycles. The van der Waals surface area contributed by atoms with Crippen LogP contribution in [-0.2, 0) is 0 Å². The third-order valence-electron chi connectivity index (χ3n) is 2.54. The van der Waals surface area contributed by atoms with E-state index in [1.807, 2.05) is 24.3 Å². The second kappa shape index (κ2) is 5.19. The number of hydrogen-bond donors (Lipinski definition) is 2. The zero-order valence-electron chi connectivity index (χ0n) is 9.52. The molecule has 0 saturated carbocycles. The topological polar surface area (TPSA) is 50.9 Å². The second-order valence-corrected chi connectivity index (χ2v) is 4.78. The molecule has 4 heteroatoms. The van der Waals surface area contributed by atoms with Crippen molar-refractivity contribution in [2.75, 3.05) is 11.1 Å². The van der Waals surface area contributed by atoms with Crippen LogP contribution in [0.1, 0.15) is 18.5 Å². The minimum atomic E-state index is 0.157. The van der Waals surface area contributed by atoms with E-state index in [-0.39, 0.29) is 6.04 Å². The van der Waals surface area contributed by atoms with Crippen molar-refractivity contribution < 1.29 is 0 Å². The Kier molecular flexibility index (Phi) is 3.64. The van der Waals surface area contributed by atoms with Crippen molar-refractivity contribution >= 4 is 27.4 Å². The van der Waals surface area contributed by atoms with Crippen LogP contribution < -0.4 is 11.1 Å². The summed E-state index contributed by atoms with van der Waals surface area (Å²) in [4.78, 5) is 4.22. The molecule has 1 atom stereocenters. The highest BCUT2D eigenvalue weighted by molar-refractivity contribution is 9.10. The molecule has 0 bridgehead atoms. The molecule has 3 nitrogen and oxygen atoms in total. The van der Waals surface area contributed by atoms with Gasteiger partial charge in [-0.15, -0.1) is 0 Å². The van der Waals surface area contributed by atoms with Gasteiger partial charge in [0.25, 0.3) is 0 Å². The zero-order chi connectivity index (χ0) is 12.3. The minimum absolute atomic E-state index is 0.157. The lowest BCUT2D eigenvalue weighted by molar-refractivity contribution is 0.874. The molecule has 0 saturated heterocycles. The maximum Gasteiger partial charge on any atom is 0.149 e. The molecule has 0 aliphatic heterocycles. The fraction of sp³-hybridized carbons (Fsp3) is 0.154. The molecule has 2 rings (SSSR count). The Labute approximate surface area is 109 Å². The van der Waals surface area contributed by atoms with E-state index in [1.54, 1.807) is 6.20 Å². The van der Waals surface area contributed by atoms with E-state index in [4.69, 9.17) is 5.73 Å². The number of pyridine rings is 1. The van der Waals surface area contributed by atoms with Crippen LogP contribution in [0.25, 0.3) is 0 Å². The summed E-state index contributed by atoms with van der Waals surface area (Å²) in [6.45, 7) is 2.08. The normalized spacial score (nSPS) is 12.1. The molecular formula is C13H14BrN3. The Hall–Kier alpha value is -1.55. The lowest BCUT2D eigenvalue weighted by atomic mass is 10.1. The molecule has 17 heavy (non-hydrogen) atoms. The van der Waals surface area contributed by atoms with Crippen molar-refractivity contribution in [3.05, 3.63) is 52.6 Å². The molecule has 1 unspecified atom stereocenters. The predicted molar refractivity (Wildman–Crippen MR) is 74.8 cm³/mol. The number of anilines is 2. The van der Waals surface area contributed by atoms with Crippen LogP contribution in [0.4, 0.5) is 11.5 Å². The molecule has 0 spiro atoms. The quantitative estimate of drug-likeness (QED) is 0.908. The fourth-order valence-electron chi connectivity index (χ4n) is 1.60. The van der Waals surface area contributed by atoms with Gasteiger partial charge in [0.2, 0.25) is 0 Å². The molecular weight excluding hydrogens is 278 g/mol. The Balaban J connectivity index is 2.17. The summed E-state index contributed by atoms with van der Waals surface area (Å²) < 4.78 is 1.07. The third kappa shape index (κ3) is 2.97. The van der Waals surface area contributed by atoms with Crippen LogP contribution in [0.2, 0.25) is 0 Å². The summed E-state index contributed by atoms with van der Waals surface area (Å²) in [5.41, 5.74) is 7.69. The van der Waals surface area contributed by atoms with Gasteiger partial charge in [-0.3, -0.25) is 0 Å². The zero-order valence-corrected chi connectivity index (χ0v) is 11.1. The van der Waals surface area contributed by atoms with Crippen molar-refractivity contribution in [2.24, 2.45) is 0 Å². The van der Waals surface area contributed by atoms with E-state index in [9.17, 15) is 0 Å². The minimum Gasteiger partial charge on any atom is -0.396 e. The van der Waals surface area contributed by atoms with Crippen LogP contribution in [0.3, 0.4) is 0 Å². The predicted octanol–water partition coefficient (Wildman–Crippen LogP) is 3.60. The van der Waals surface area contributed by atoms with Crippen molar-refractivity contribution in [1.82, 2.24) is 4.98 Å². The van der Waals surface area contributed by atoms with Gasteiger partial charge in [-0.25, -0.2) is 4.98 Å². The first-order chi connectivity index (χ1) is 8.16. The monoisotopic (exact) mass is 291 g/mol. The van der Waals surface area contributed by atoms with E-state index in [1.165, 1.54) is 5.56 Å². The molecule has 88 valence electrons. The summed E-state index contributed by atoms with van der Waals surface area (Å²) in [5.74, 6) is 0.722. The molecule has 0 amide bonds. The summed E-state index contributed by atoms with van der Waals surface area (Å²) in [6, 6.07) is 12.0. The molecule has 2 aromatic rings. The maximum absolute atomic E-state index is 5.84. The van der Waals surface area contributed by atoms with Gasteiger partial charge in [0.05, 0.1) is 11.7 Å². The van der Waals surface area contributed by atoms with Crippen molar-refractivity contribution in [1.29, 1.82) is 0 Å². The highest BCUT2D eigenvalue weighted by Gasteiger charge is 2.07. The standard InChI is InChI=1S/C13H14BrN3/c1-9(10-4-2-5-11(14)8-10)17-13-12(15)6-3-7-16-13/h2-9H,15H2,1H3,(H,16,17). The van der Waals surface area contributed by atoms with E-state index < -0.39 is 0 Å². The van der Waals surface area contributed by atoms with Crippen molar-refractivity contribution in [3.8, 4) is 0 Å². The van der Waals surface area contributed by atoms with Gasteiger partial charge in [0.1, 0.15) is 5.82 Å². The molecule has 1 heterocycles. The van der Waals surface area contributed by atoms with E-state index in [0.29, 0.717) is 5.69 Å². The summed E-state index contributed by atoms with van der Waals surface area (Å²) in [5, 5.41) is 3.30. The number of benzene rings is 1. The van der Waals surface area contributed by atoms with Gasteiger partial charge >= 0.3 is 0 Å². The SMILES string of the molecule is CC(Nc1ncccc1N)c1cccc(Br)c1. The highest BCUT2D eigenvalue weighted by atomic mass is 79.9. The molecule has 1 aromatic heterocycles. The molecule has 3 N–H and O–H groups in total. The number of hydrogen-bond acceptors (Lipinski definition) is 3. The Morgan fingerprint density at radius 1 is 1.29 bits per heavy atom. The lowest BCUT2D eigenvalue weighted by Crippen LogP contribution is -2.09. The number of aromatic nitrogens is 1. The first-order valence-corrected chi connectivity index (χ1v) is 6.18. The highest BCUT2D eigenvalue weighted by Crippen LogP contribution is 2.23. The fourth-order valence-corrected chi connectivity index (χ4v) is 2.02. The van der Waals surface area contributed by atoms with Gasteiger partial charge in [-0.2, -0.15) is 0 Å². The largest absolute Gasteiger partial charge is 0.396 e. The first-order valence-electron chi connectivity index (χ1n) is 5.39. The van der Waals surface area contributed by atoms with Crippen LogP contribution in [0.5, 0.6) is 0 Å². The van der Waals surface area contributed by atoms with Crippen molar-refractivity contribution in [2.45, 2.75) is 13.0 Å². The number of rotatable bonds is 3. The maximum atomic E-state index is 5.84. The summed E-state index contributed by atoms with van der Waals surface area (Å²) >= 11 is 3.46. The number of nitrogens with two attached hydrogens (primary N) is 1. The van der Waals surface area contributed by atoms with E-state index >= 15 is 0 Å². The van der Waals surface area contributed by atoms with Crippen LogP contribution >= 0.6 is 15.9 Å². The van der Waals surface area contributed by atoms with Gasteiger partial charge < -0.3 is 11.1 Å². The number of nitrogens with zero attached hydrogens (tertiary/aromatic N) is 1. The van der Waals surface area contributed by atoms with Crippen molar-refractivity contribution in [3.63, 3.8) is 0 Å². The molecule has 0 fully saturated rings. The summed E-state index contributed by atoms with van der Waals surface area (Å²) in [6.07, 6.45) is 1.73. The Bertz CT molecular complexity index is 514. The lowest BCUT2D eigenvalue weighted by Gasteiger charge is -2.16. The van der Waals surface area contributed by atoms with Crippen LogP contribution in [-0.4, -0.2) is 4.98 Å². The summed E-state index contributed by atoms with van der Waals surface area (Å²) in [7, 11) is 0. The molecule has 1 aromatic carbocycles. The molecule has 0 radical (unpaired) electrons.